The molecule has 1 saturated heterocycles. The van der Waals surface area contributed by atoms with Gasteiger partial charge >= 0.3 is 0 Å². The minimum absolute atomic E-state index is 0.0324. The number of rotatable bonds is 5. The summed E-state index contributed by atoms with van der Waals surface area (Å²) >= 11 is 0. The Hall–Kier alpha value is -2.46. The number of aliphatic hydroxyl groups excluding tert-OH is 4. The van der Waals surface area contributed by atoms with Crippen LogP contribution < -0.4 is 4.72 Å². The van der Waals surface area contributed by atoms with E-state index in [2.05, 4.69) is 10.3 Å². The van der Waals surface area contributed by atoms with Crippen molar-refractivity contribution in [3.05, 3.63) is 35.7 Å². The number of hydrogen-bond donors (Lipinski definition) is 5. The average Bonchev–Trinajstić information content (AvgIpc) is 3.28. The van der Waals surface area contributed by atoms with Gasteiger partial charge in [-0.1, -0.05) is 5.21 Å². The zero-order valence-electron chi connectivity index (χ0n) is 15.2. The number of amides is 1. The molecule has 3 heterocycles. The van der Waals surface area contributed by atoms with E-state index in [9.17, 15) is 33.6 Å². The summed E-state index contributed by atoms with van der Waals surface area (Å²) in [6, 6.07) is 4.13. The van der Waals surface area contributed by atoms with E-state index in [1.165, 1.54) is 29.1 Å². The van der Waals surface area contributed by atoms with Crippen LogP contribution in [0.3, 0.4) is 0 Å². The zero-order valence-corrected chi connectivity index (χ0v) is 16.0. The fourth-order valence-corrected chi connectivity index (χ4v) is 4.35. The van der Waals surface area contributed by atoms with E-state index in [0.717, 1.165) is 0 Å². The van der Waals surface area contributed by atoms with Crippen LogP contribution in [0.2, 0.25) is 0 Å². The number of benzene rings is 1. The fraction of sp³-hybridized carbons (Fsp3) is 0.438. The van der Waals surface area contributed by atoms with E-state index in [-0.39, 0.29) is 22.8 Å². The van der Waals surface area contributed by atoms with Crippen molar-refractivity contribution >= 4 is 15.9 Å². The standard InChI is InChI=1S/C16H18N4O9S/c21-5-10-12(22)13(23)14(24)16(29-10)28-6-7-4-20(19-17-7)8-1-2-9-11(3-8)30(26,27)18-15(9)25/h1-4,10,12-14,16,21-24H,5-6H2,(H,18,25)/t10-,12+,13-,14+,16+/m0/s1. The molecule has 2 aromatic rings. The molecule has 0 unspecified atom stereocenters. The van der Waals surface area contributed by atoms with E-state index in [4.69, 9.17) is 9.47 Å². The largest absolute Gasteiger partial charge is 0.394 e. The van der Waals surface area contributed by atoms with Crippen LogP contribution >= 0.6 is 0 Å². The highest BCUT2D eigenvalue weighted by molar-refractivity contribution is 7.90. The first-order valence-electron chi connectivity index (χ1n) is 8.76. The lowest BCUT2D eigenvalue weighted by molar-refractivity contribution is -0.304. The lowest BCUT2D eigenvalue weighted by atomic mass is 9.99. The Kier molecular flexibility index (Phi) is 5.31. The maximum atomic E-state index is 12.0. The highest BCUT2D eigenvalue weighted by Crippen LogP contribution is 2.25. The first-order chi connectivity index (χ1) is 14.2. The average molecular weight is 442 g/mol. The molecule has 2 aliphatic rings. The van der Waals surface area contributed by atoms with Crippen LogP contribution in [0.25, 0.3) is 5.69 Å². The Morgan fingerprint density at radius 1 is 1.20 bits per heavy atom. The molecule has 0 radical (unpaired) electrons. The van der Waals surface area contributed by atoms with Gasteiger partial charge in [-0.2, -0.15) is 0 Å². The van der Waals surface area contributed by atoms with Gasteiger partial charge in [0.2, 0.25) is 0 Å². The minimum Gasteiger partial charge on any atom is -0.394 e. The Morgan fingerprint density at radius 3 is 2.70 bits per heavy atom. The second-order valence-corrected chi connectivity index (χ2v) is 8.43. The molecule has 14 heteroatoms. The highest BCUT2D eigenvalue weighted by Gasteiger charge is 2.44. The van der Waals surface area contributed by atoms with Crippen LogP contribution in [0.4, 0.5) is 0 Å². The number of carbonyl (C=O) groups excluding carboxylic acids is 1. The SMILES string of the molecule is O=C1NS(=O)(=O)c2cc(-n3cc(CO[C@@H]4O[C@@H](CO)[C@@H](O)[C@H](O)[C@H]4O)nn3)ccc21. The number of aromatic nitrogens is 3. The van der Waals surface area contributed by atoms with Crippen molar-refractivity contribution < 1.29 is 43.1 Å². The summed E-state index contributed by atoms with van der Waals surface area (Å²) in [6.07, 6.45) is -5.61. The van der Waals surface area contributed by atoms with E-state index < -0.39 is 53.2 Å². The predicted molar refractivity (Wildman–Crippen MR) is 94.6 cm³/mol. The minimum atomic E-state index is -3.92. The number of ether oxygens (including phenoxy) is 2. The highest BCUT2D eigenvalue weighted by atomic mass is 32.2. The first kappa shape index (κ1) is 20.8. The zero-order chi connectivity index (χ0) is 21.6. The molecule has 13 nitrogen and oxygen atoms in total. The van der Waals surface area contributed by atoms with Crippen LogP contribution in [0.5, 0.6) is 0 Å². The molecule has 2 aliphatic heterocycles. The van der Waals surface area contributed by atoms with Crippen molar-refractivity contribution in [3.8, 4) is 5.69 Å². The topological polar surface area (TPSA) is 193 Å². The van der Waals surface area contributed by atoms with Gasteiger partial charge in [0.15, 0.2) is 6.29 Å². The summed E-state index contributed by atoms with van der Waals surface area (Å²) < 4.78 is 37.7. The normalized spacial score (nSPS) is 30.1. The van der Waals surface area contributed by atoms with Gasteiger partial charge in [0.05, 0.1) is 30.7 Å². The van der Waals surface area contributed by atoms with Gasteiger partial charge < -0.3 is 29.9 Å². The molecule has 5 N–H and O–H groups in total. The van der Waals surface area contributed by atoms with Gasteiger partial charge in [0.1, 0.15) is 35.0 Å². The molecule has 1 aromatic carbocycles. The third kappa shape index (κ3) is 3.58. The second-order valence-electron chi connectivity index (χ2n) is 6.78. The van der Waals surface area contributed by atoms with E-state index in [1.807, 2.05) is 4.72 Å². The molecule has 1 aromatic heterocycles. The van der Waals surface area contributed by atoms with Crippen molar-refractivity contribution in [1.82, 2.24) is 19.7 Å². The van der Waals surface area contributed by atoms with E-state index >= 15 is 0 Å². The molecule has 30 heavy (non-hydrogen) atoms. The molecule has 5 atom stereocenters. The lowest BCUT2D eigenvalue weighted by Gasteiger charge is -2.39. The number of hydrogen-bond acceptors (Lipinski definition) is 11. The van der Waals surface area contributed by atoms with Gasteiger partial charge in [-0.25, -0.2) is 17.8 Å². The number of nitrogens with zero attached hydrogens (tertiary/aromatic N) is 3. The van der Waals surface area contributed by atoms with E-state index in [0.29, 0.717) is 5.69 Å². The number of aliphatic hydroxyl groups is 4. The summed E-state index contributed by atoms with van der Waals surface area (Å²) in [5, 5.41) is 46.5. The van der Waals surface area contributed by atoms with Crippen molar-refractivity contribution in [1.29, 1.82) is 0 Å². The summed E-state index contributed by atoms with van der Waals surface area (Å²) in [6.45, 7) is -0.786. The molecule has 1 fully saturated rings. The van der Waals surface area contributed by atoms with Gasteiger partial charge in [-0.3, -0.25) is 4.79 Å². The van der Waals surface area contributed by atoms with Crippen molar-refractivity contribution in [3.63, 3.8) is 0 Å². The van der Waals surface area contributed by atoms with Crippen LogP contribution in [0.1, 0.15) is 16.1 Å². The van der Waals surface area contributed by atoms with Crippen LogP contribution in [0.15, 0.2) is 29.3 Å². The number of carbonyl (C=O) groups is 1. The molecule has 1 amide bonds. The quantitative estimate of drug-likeness (QED) is 0.317. The number of sulfonamides is 1. The Bertz CT molecular complexity index is 1070. The summed E-state index contributed by atoms with van der Waals surface area (Å²) in [5.41, 5.74) is 0.648. The molecule has 162 valence electrons. The van der Waals surface area contributed by atoms with Crippen molar-refractivity contribution in [2.24, 2.45) is 0 Å². The maximum absolute atomic E-state index is 12.0. The fourth-order valence-electron chi connectivity index (χ4n) is 3.16. The third-order valence-electron chi connectivity index (χ3n) is 4.78. The van der Waals surface area contributed by atoms with Crippen molar-refractivity contribution in [2.75, 3.05) is 6.61 Å². The van der Waals surface area contributed by atoms with Crippen LogP contribution in [-0.2, 0) is 26.1 Å². The molecule has 0 saturated carbocycles. The Morgan fingerprint density at radius 2 is 1.97 bits per heavy atom. The van der Waals surface area contributed by atoms with Gasteiger partial charge in [-0.05, 0) is 18.2 Å². The molecule has 0 aliphatic carbocycles. The van der Waals surface area contributed by atoms with Crippen LogP contribution in [0, 0.1) is 0 Å². The van der Waals surface area contributed by atoms with E-state index in [1.54, 1.807) is 0 Å². The van der Waals surface area contributed by atoms with Gasteiger partial charge in [0, 0.05) is 0 Å². The number of fused-ring (bicyclic) bond motifs is 1. The van der Waals surface area contributed by atoms with Crippen molar-refractivity contribution in [2.45, 2.75) is 42.2 Å². The van der Waals surface area contributed by atoms with Gasteiger partial charge in [-0.15, -0.1) is 5.10 Å². The number of nitrogens with one attached hydrogen (secondary N) is 1. The lowest BCUT2D eigenvalue weighted by Crippen LogP contribution is -2.59. The van der Waals surface area contributed by atoms with Gasteiger partial charge in [0.25, 0.3) is 15.9 Å². The molecular weight excluding hydrogens is 424 g/mol. The monoisotopic (exact) mass is 442 g/mol. The summed E-state index contributed by atoms with van der Waals surface area (Å²) in [5.74, 6) is -0.705. The van der Waals surface area contributed by atoms with Crippen LogP contribution in [-0.4, -0.2) is 87.1 Å². The summed E-state index contributed by atoms with van der Waals surface area (Å²) in [7, 11) is -3.92. The molecule has 0 bridgehead atoms. The maximum Gasteiger partial charge on any atom is 0.266 e. The predicted octanol–water partition coefficient (Wildman–Crippen LogP) is -2.98. The first-order valence-corrected chi connectivity index (χ1v) is 10.2. The molecule has 0 spiro atoms. The molecule has 4 rings (SSSR count). The Labute approximate surface area is 169 Å². The smallest absolute Gasteiger partial charge is 0.266 e. The molecular formula is C16H18N4O9S. The Balaban J connectivity index is 1.47. The second kappa shape index (κ2) is 7.66. The third-order valence-corrected chi connectivity index (χ3v) is 6.15. The summed E-state index contributed by atoms with van der Waals surface area (Å²) in [4.78, 5) is 11.5.